The van der Waals surface area contributed by atoms with Crippen molar-refractivity contribution in [3.63, 3.8) is 0 Å². The third-order valence-corrected chi connectivity index (χ3v) is 2.86. The highest BCUT2D eigenvalue weighted by atomic mass is 15.4. The van der Waals surface area contributed by atoms with Crippen molar-refractivity contribution >= 4 is 0 Å². The summed E-state index contributed by atoms with van der Waals surface area (Å²) in [5, 5.41) is 0. The van der Waals surface area contributed by atoms with Crippen molar-refractivity contribution in [3.8, 4) is 22.6 Å². The van der Waals surface area contributed by atoms with Crippen molar-refractivity contribution in [1.82, 2.24) is 19.6 Å². The second-order valence-electron chi connectivity index (χ2n) is 4.02. The molecule has 0 saturated heterocycles. The van der Waals surface area contributed by atoms with Crippen LogP contribution in [0.4, 0.5) is 0 Å². The summed E-state index contributed by atoms with van der Waals surface area (Å²) >= 11 is 0. The first-order valence-corrected chi connectivity index (χ1v) is 5.96. The lowest BCUT2D eigenvalue weighted by Gasteiger charge is -2.07. The Labute approximate surface area is 111 Å². The van der Waals surface area contributed by atoms with E-state index in [0.717, 1.165) is 22.6 Å². The Bertz CT molecular complexity index is 675. The summed E-state index contributed by atoms with van der Waals surface area (Å²) in [5.41, 5.74) is 5.97. The molecule has 0 spiro atoms. The van der Waals surface area contributed by atoms with Gasteiger partial charge in [-0.15, -0.1) is 0 Å². The van der Waals surface area contributed by atoms with Gasteiger partial charge in [0.1, 0.15) is 0 Å². The fourth-order valence-corrected chi connectivity index (χ4v) is 1.96. The molecule has 0 aliphatic rings. The molecule has 0 aliphatic carbocycles. The van der Waals surface area contributed by atoms with E-state index in [4.69, 9.17) is 0 Å². The van der Waals surface area contributed by atoms with Crippen molar-refractivity contribution in [2.24, 2.45) is 0 Å². The minimum Gasteiger partial charge on any atom is -0.328 e. The first-order chi connectivity index (χ1) is 9.38. The van der Waals surface area contributed by atoms with E-state index in [1.54, 1.807) is 24.8 Å². The predicted molar refractivity (Wildman–Crippen MR) is 74.0 cm³/mol. The number of nitrogens with zero attached hydrogens (tertiary/aromatic N) is 4. The summed E-state index contributed by atoms with van der Waals surface area (Å²) in [7, 11) is 1.86. The summed E-state index contributed by atoms with van der Waals surface area (Å²) in [6, 6.07) is 8.09. The summed E-state index contributed by atoms with van der Waals surface area (Å²) in [4.78, 5) is 12.8. The quantitative estimate of drug-likeness (QED) is 0.775. The van der Waals surface area contributed by atoms with Gasteiger partial charge in [0.25, 0.3) is 0 Å². The Morgan fingerprint density at radius 3 is 2.74 bits per heavy atom. The molecule has 0 atom stereocenters. The van der Waals surface area contributed by atoms with E-state index in [1.807, 2.05) is 36.1 Å². The molecule has 19 heavy (non-hydrogen) atoms. The zero-order chi connectivity index (χ0) is 13.1. The van der Waals surface area contributed by atoms with Crippen molar-refractivity contribution in [3.05, 3.63) is 55.2 Å². The highest BCUT2D eigenvalue weighted by Gasteiger charge is 2.07. The fourth-order valence-electron chi connectivity index (χ4n) is 1.96. The van der Waals surface area contributed by atoms with E-state index in [1.165, 1.54) is 0 Å². The Kier molecular flexibility index (Phi) is 2.94. The van der Waals surface area contributed by atoms with Crippen LogP contribution in [-0.4, -0.2) is 26.7 Å². The average molecular weight is 251 g/mol. The van der Waals surface area contributed by atoms with Gasteiger partial charge in [-0.2, -0.15) is 0 Å². The van der Waals surface area contributed by atoms with Gasteiger partial charge in [0.05, 0.1) is 11.9 Å². The molecular formula is C14H13N5. The van der Waals surface area contributed by atoms with Gasteiger partial charge >= 0.3 is 0 Å². The molecule has 0 bridgehead atoms. The number of benzene rings is 1. The minimum absolute atomic E-state index is 0.854. The van der Waals surface area contributed by atoms with Crippen LogP contribution in [-0.2, 0) is 0 Å². The van der Waals surface area contributed by atoms with Gasteiger partial charge in [-0.3, -0.25) is 9.97 Å². The third-order valence-electron chi connectivity index (χ3n) is 2.86. The molecular weight excluding hydrogens is 238 g/mol. The SMILES string of the molecule is CNn1ccnc1-c1cccc(-c2cnccn2)c1. The Hall–Kier alpha value is -2.69. The molecule has 3 rings (SSSR count). The van der Waals surface area contributed by atoms with Gasteiger partial charge in [-0.05, 0) is 6.07 Å². The summed E-state index contributed by atoms with van der Waals surface area (Å²) in [5.74, 6) is 0.869. The van der Waals surface area contributed by atoms with E-state index in [-0.39, 0.29) is 0 Å². The molecule has 5 heteroatoms. The van der Waals surface area contributed by atoms with E-state index >= 15 is 0 Å². The Morgan fingerprint density at radius 1 is 1.05 bits per heavy atom. The number of rotatable bonds is 3. The van der Waals surface area contributed by atoms with Crippen molar-refractivity contribution in [2.45, 2.75) is 0 Å². The predicted octanol–water partition coefficient (Wildman–Crippen LogP) is 2.18. The molecule has 0 aliphatic heterocycles. The summed E-state index contributed by atoms with van der Waals surface area (Å²) < 4.78 is 1.87. The number of aromatic nitrogens is 4. The third kappa shape index (κ3) is 2.18. The van der Waals surface area contributed by atoms with Gasteiger partial charge in [-0.1, -0.05) is 18.2 Å². The van der Waals surface area contributed by atoms with Gasteiger partial charge in [0.2, 0.25) is 0 Å². The molecule has 0 radical (unpaired) electrons. The van der Waals surface area contributed by atoms with Crippen LogP contribution in [0, 0.1) is 0 Å². The topological polar surface area (TPSA) is 55.6 Å². The summed E-state index contributed by atoms with van der Waals surface area (Å²) in [6.07, 6.45) is 8.76. The molecule has 0 amide bonds. The van der Waals surface area contributed by atoms with Gasteiger partial charge < -0.3 is 5.43 Å². The lowest BCUT2D eigenvalue weighted by atomic mass is 10.1. The largest absolute Gasteiger partial charge is 0.328 e. The molecule has 3 aromatic rings. The highest BCUT2D eigenvalue weighted by molar-refractivity contribution is 5.67. The molecule has 2 aromatic heterocycles. The molecule has 0 saturated carbocycles. The van der Waals surface area contributed by atoms with E-state index in [0.29, 0.717) is 0 Å². The number of hydrogen-bond donors (Lipinski definition) is 1. The maximum Gasteiger partial charge on any atom is 0.158 e. The van der Waals surface area contributed by atoms with Gasteiger partial charge in [0, 0.05) is 43.0 Å². The van der Waals surface area contributed by atoms with Crippen LogP contribution < -0.4 is 5.43 Å². The zero-order valence-corrected chi connectivity index (χ0v) is 10.5. The maximum atomic E-state index is 4.36. The van der Waals surface area contributed by atoms with Gasteiger partial charge in [-0.25, -0.2) is 9.66 Å². The van der Waals surface area contributed by atoms with Crippen LogP contribution in [0.1, 0.15) is 0 Å². The summed E-state index contributed by atoms with van der Waals surface area (Å²) in [6.45, 7) is 0. The van der Waals surface area contributed by atoms with Crippen molar-refractivity contribution in [1.29, 1.82) is 0 Å². The van der Waals surface area contributed by atoms with Crippen LogP contribution in [0.5, 0.6) is 0 Å². The average Bonchev–Trinajstić information content (AvgIpc) is 2.97. The number of hydrogen-bond acceptors (Lipinski definition) is 4. The van der Waals surface area contributed by atoms with Crippen molar-refractivity contribution in [2.75, 3.05) is 12.5 Å². The molecule has 5 nitrogen and oxygen atoms in total. The monoisotopic (exact) mass is 251 g/mol. The molecule has 2 heterocycles. The first-order valence-electron chi connectivity index (χ1n) is 5.96. The smallest absolute Gasteiger partial charge is 0.158 e. The van der Waals surface area contributed by atoms with E-state index in [9.17, 15) is 0 Å². The minimum atomic E-state index is 0.854. The van der Waals surface area contributed by atoms with Crippen LogP contribution in [0.15, 0.2) is 55.2 Å². The lowest BCUT2D eigenvalue weighted by Crippen LogP contribution is -2.08. The fraction of sp³-hybridized carbons (Fsp3) is 0.0714. The molecule has 0 unspecified atom stereocenters. The maximum absolute atomic E-state index is 4.36. The zero-order valence-electron chi connectivity index (χ0n) is 10.5. The standard InChI is InChI=1S/C14H13N5/c1-15-19-8-7-18-14(19)12-4-2-3-11(9-12)13-10-16-5-6-17-13/h2-10,15H,1H3. The molecule has 1 aromatic carbocycles. The lowest BCUT2D eigenvalue weighted by molar-refractivity contribution is 0.934. The van der Waals surface area contributed by atoms with E-state index < -0.39 is 0 Å². The molecule has 0 fully saturated rings. The number of imidazole rings is 1. The van der Waals surface area contributed by atoms with Crippen LogP contribution in [0.2, 0.25) is 0 Å². The van der Waals surface area contributed by atoms with Crippen LogP contribution in [0.25, 0.3) is 22.6 Å². The normalized spacial score (nSPS) is 10.4. The van der Waals surface area contributed by atoms with E-state index in [2.05, 4.69) is 26.4 Å². The first kappa shape index (κ1) is 11.4. The molecule has 1 N–H and O–H groups in total. The second kappa shape index (κ2) is 4.89. The van der Waals surface area contributed by atoms with Crippen LogP contribution in [0.3, 0.4) is 0 Å². The highest BCUT2D eigenvalue weighted by Crippen LogP contribution is 2.23. The Balaban J connectivity index is 2.06. The van der Waals surface area contributed by atoms with Crippen molar-refractivity contribution < 1.29 is 0 Å². The number of nitrogens with one attached hydrogen (secondary N) is 1. The second-order valence-corrected chi connectivity index (χ2v) is 4.02. The van der Waals surface area contributed by atoms with Crippen LogP contribution >= 0.6 is 0 Å². The Morgan fingerprint density at radius 2 is 1.95 bits per heavy atom. The van der Waals surface area contributed by atoms with Gasteiger partial charge in [0.15, 0.2) is 5.82 Å². The molecule has 94 valence electrons.